The number of carbonyl (C=O) groups excluding carboxylic acids is 2. The Morgan fingerprint density at radius 1 is 0.902 bits per heavy atom. The smallest absolute Gasteiger partial charge is 0.312 e. The van der Waals surface area contributed by atoms with Crippen LogP contribution in [-0.2, 0) is 14.3 Å². The van der Waals surface area contributed by atoms with Crippen LogP contribution in [0.1, 0.15) is 105 Å². The van der Waals surface area contributed by atoms with Gasteiger partial charge in [-0.05, 0) is 128 Å². The predicted molar refractivity (Wildman–Crippen MR) is 166 cm³/mol. The number of carbonyl (C=O) groups is 2. The van der Waals surface area contributed by atoms with Crippen LogP contribution in [0.5, 0.6) is 0 Å². The molecule has 5 fully saturated rings. The van der Waals surface area contributed by atoms with Crippen molar-refractivity contribution in [2.24, 2.45) is 56.7 Å². The van der Waals surface area contributed by atoms with Gasteiger partial charge in [-0.3, -0.25) is 9.59 Å². The summed E-state index contributed by atoms with van der Waals surface area (Å²) in [5.74, 6) is 2.55. The minimum Gasteiger partial charge on any atom is -0.469 e. The van der Waals surface area contributed by atoms with Gasteiger partial charge in [-0.25, -0.2) is 0 Å². The van der Waals surface area contributed by atoms with E-state index in [0.29, 0.717) is 35.4 Å². The Kier molecular flexibility index (Phi) is 6.65. The normalized spacial score (nSPS) is 45.7. The topological polar surface area (TPSA) is 43.4 Å². The lowest BCUT2D eigenvalue weighted by Crippen LogP contribution is -2.67. The standard InChI is InChI=1S/C38H52O3/c1-24(2)27-16-19-38(33(40)41-8)21-20-36(6)28(31(27)38)14-15-30-35(5)23-26(22-25-12-10-9-11-13-25)32(39)34(3,4)29(35)17-18-37(30,36)7/h9-13,22,27-31H,1,14-21,23H2,2-8H3/b26-22-/t27-,28+,29-,30+,31+,35-,36+,37+,38-/m0/s1. The van der Waals surface area contributed by atoms with Crippen LogP contribution in [-0.4, -0.2) is 18.9 Å². The molecule has 3 nitrogen and oxygen atoms in total. The first kappa shape index (κ1) is 28.9. The Labute approximate surface area is 248 Å². The van der Waals surface area contributed by atoms with E-state index in [-0.39, 0.29) is 33.0 Å². The number of allylic oxidation sites excluding steroid dienone is 2. The number of hydrogen-bond acceptors (Lipinski definition) is 3. The van der Waals surface area contributed by atoms with Crippen LogP contribution in [0, 0.1) is 56.7 Å². The maximum Gasteiger partial charge on any atom is 0.312 e. The maximum absolute atomic E-state index is 14.0. The molecule has 1 aromatic rings. The second kappa shape index (κ2) is 9.42. The predicted octanol–water partition coefficient (Wildman–Crippen LogP) is 9.08. The molecule has 0 N–H and O–H groups in total. The molecule has 5 saturated carbocycles. The number of fused-ring (bicyclic) bond motifs is 7. The van der Waals surface area contributed by atoms with Crippen LogP contribution in [0.4, 0.5) is 0 Å². The van der Waals surface area contributed by atoms with E-state index in [2.05, 4.69) is 78.5 Å². The number of hydrogen-bond donors (Lipinski definition) is 0. The van der Waals surface area contributed by atoms with Crippen LogP contribution in [0.2, 0.25) is 0 Å². The SMILES string of the molecule is C=C(C)[C@@H]1CC[C@]2(C(=O)OC)CC[C@]3(C)[C@H](CC[C@@H]4[C@@]5(C)C/C(=C/c6ccccc6)C(=O)C(C)(C)[C@@H]5CC[C@]43C)[C@@H]12. The van der Waals surface area contributed by atoms with E-state index in [0.717, 1.165) is 49.7 Å². The van der Waals surface area contributed by atoms with Crippen molar-refractivity contribution in [2.75, 3.05) is 7.11 Å². The molecule has 0 saturated heterocycles. The van der Waals surface area contributed by atoms with Crippen LogP contribution in [0.3, 0.4) is 0 Å². The third-order valence-electron chi connectivity index (χ3n) is 14.4. The Balaban J connectivity index is 1.42. The highest BCUT2D eigenvalue weighted by Gasteiger charge is 2.72. The summed E-state index contributed by atoms with van der Waals surface area (Å²) in [5.41, 5.74) is 3.06. The van der Waals surface area contributed by atoms with Gasteiger partial charge >= 0.3 is 5.97 Å². The molecule has 0 aromatic heterocycles. The van der Waals surface area contributed by atoms with Crippen molar-refractivity contribution in [1.82, 2.24) is 0 Å². The molecular formula is C38H52O3. The van der Waals surface area contributed by atoms with Gasteiger partial charge in [-0.1, -0.05) is 77.1 Å². The third kappa shape index (κ3) is 3.75. The van der Waals surface area contributed by atoms with Crippen LogP contribution in [0.25, 0.3) is 6.08 Å². The zero-order valence-corrected chi connectivity index (χ0v) is 26.6. The van der Waals surface area contributed by atoms with Crippen molar-refractivity contribution >= 4 is 17.8 Å². The number of rotatable bonds is 3. The Hall–Kier alpha value is -2.16. The summed E-state index contributed by atoms with van der Waals surface area (Å²) in [4.78, 5) is 27.5. The molecule has 0 aliphatic heterocycles. The monoisotopic (exact) mass is 556 g/mol. The van der Waals surface area contributed by atoms with E-state index >= 15 is 0 Å². The zero-order chi connectivity index (χ0) is 29.6. The van der Waals surface area contributed by atoms with Crippen molar-refractivity contribution in [3.8, 4) is 0 Å². The zero-order valence-electron chi connectivity index (χ0n) is 26.6. The van der Waals surface area contributed by atoms with Gasteiger partial charge in [-0.2, -0.15) is 0 Å². The second-order valence-corrected chi connectivity index (χ2v) is 16.1. The highest BCUT2D eigenvalue weighted by atomic mass is 16.5. The number of benzene rings is 1. The number of ketones is 1. The first-order chi connectivity index (χ1) is 19.3. The average molecular weight is 557 g/mol. The van der Waals surface area contributed by atoms with Gasteiger partial charge in [0.15, 0.2) is 5.78 Å². The molecule has 5 aliphatic rings. The van der Waals surface area contributed by atoms with Crippen molar-refractivity contribution in [3.05, 3.63) is 53.6 Å². The lowest BCUT2D eigenvalue weighted by molar-refractivity contribution is -0.232. The molecule has 0 heterocycles. The molecule has 3 heteroatoms. The molecule has 222 valence electrons. The summed E-state index contributed by atoms with van der Waals surface area (Å²) in [5, 5.41) is 0. The fourth-order valence-corrected chi connectivity index (χ4v) is 12.4. The number of Topliss-reactive ketones (excluding diaryl/α,β-unsaturated/α-hetero) is 1. The molecular weight excluding hydrogens is 504 g/mol. The average Bonchev–Trinajstić information content (AvgIpc) is 3.33. The molecule has 9 atom stereocenters. The maximum atomic E-state index is 14.0. The van der Waals surface area contributed by atoms with Crippen LogP contribution < -0.4 is 0 Å². The van der Waals surface area contributed by atoms with Gasteiger partial charge in [0.2, 0.25) is 0 Å². The summed E-state index contributed by atoms with van der Waals surface area (Å²) in [7, 11) is 1.59. The molecule has 0 radical (unpaired) electrons. The molecule has 0 bridgehead atoms. The largest absolute Gasteiger partial charge is 0.469 e. The van der Waals surface area contributed by atoms with Gasteiger partial charge in [0.05, 0.1) is 12.5 Å². The van der Waals surface area contributed by atoms with Crippen molar-refractivity contribution in [1.29, 1.82) is 0 Å². The minimum atomic E-state index is -0.365. The van der Waals surface area contributed by atoms with Crippen molar-refractivity contribution in [2.45, 2.75) is 99.3 Å². The first-order valence-electron chi connectivity index (χ1n) is 16.3. The summed E-state index contributed by atoms with van der Waals surface area (Å²) < 4.78 is 5.54. The lowest BCUT2D eigenvalue weighted by atomic mass is 9.32. The van der Waals surface area contributed by atoms with Gasteiger partial charge in [-0.15, -0.1) is 0 Å². The third-order valence-corrected chi connectivity index (χ3v) is 14.4. The molecule has 5 aliphatic carbocycles. The van der Waals surface area contributed by atoms with E-state index in [4.69, 9.17) is 4.74 Å². The van der Waals surface area contributed by atoms with E-state index < -0.39 is 0 Å². The molecule has 6 rings (SSSR count). The van der Waals surface area contributed by atoms with Crippen LogP contribution in [0.15, 0.2) is 48.1 Å². The summed E-state index contributed by atoms with van der Waals surface area (Å²) in [6, 6.07) is 10.4. The Morgan fingerprint density at radius 3 is 2.27 bits per heavy atom. The van der Waals surface area contributed by atoms with Gasteiger partial charge < -0.3 is 4.74 Å². The number of methoxy groups -OCH3 is 1. The van der Waals surface area contributed by atoms with E-state index in [1.54, 1.807) is 7.11 Å². The second-order valence-electron chi connectivity index (χ2n) is 16.1. The molecule has 0 unspecified atom stereocenters. The van der Waals surface area contributed by atoms with Crippen molar-refractivity contribution in [3.63, 3.8) is 0 Å². The van der Waals surface area contributed by atoms with E-state index in [9.17, 15) is 9.59 Å². The molecule has 0 spiro atoms. The van der Waals surface area contributed by atoms with E-state index in [1.165, 1.54) is 24.8 Å². The molecule has 0 amide bonds. The van der Waals surface area contributed by atoms with Gasteiger partial charge in [0, 0.05) is 5.41 Å². The number of ether oxygens (including phenoxy) is 1. The fourth-order valence-electron chi connectivity index (χ4n) is 12.4. The van der Waals surface area contributed by atoms with Crippen LogP contribution >= 0.6 is 0 Å². The van der Waals surface area contributed by atoms with Crippen molar-refractivity contribution < 1.29 is 14.3 Å². The van der Waals surface area contributed by atoms with Gasteiger partial charge in [0.25, 0.3) is 0 Å². The van der Waals surface area contributed by atoms with E-state index in [1.807, 2.05) is 6.07 Å². The first-order valence-corrected chi connectivity index (χ1v) is 16.3. The number of esters is 1. The minimum absolute atomic E-state index is 0.0273. The van der Waals surface area contributed by atoms with Gasteiger partial charge in [0.1, 0.15) is 0 Å². The highest BCUT2D eigenvalue weighted by molar-refractivity contribution is 6.04. The summed E-state index contributed by atoms with van der Waals surface area (Å²) >= 11 is 0. The summed E-state index contributed by atoms with van der Waals surface area (Å²) in [6.07, 6.45) is 11.7. The quantitative estimate of drug-likeness (QED) is 0.212. The fraction of sp³-hybridized carbons (Fsp3) is 0.684. The Morgan fingerprint density at radius 2 is 1.61 bits per heavy atom. The molecule has 41 heavy (non-hydrogen) atoms. The Bertz CT molecular complexity index is 1290. The summed E-state index contributed by atoms with van der Waals surface area (Å²) in [6.45, 7) is 18.9. The molecule has 1 aromatic carbocycles. The lowest BCUT2D eigenvalue weighted by Gasteiger charge is -2.72. The highest BCUT2D eigenvalue weighted by Crippen LogP contribution is 2.77.